The Bertz CT molecular complexity index is 732. The monoisotopic (exact) mass is 298 g/mol. The number of amides is 1. The molecule has 0 aliphatic heterocycles. The number of fused-ring (bicyclic) bond motifs is 1. The lowest BCUT2D eigenvalue weighted by Gasteiger charge is -2.02. The Morgan fingerprint density at radius 1 is 1.19 bits per heavy atom. The van der Waals surface area contributed by atoms with Gasteiger partial charge in [-0.15, -0.1) is 0 Å². The van der Waals surface area contributed by atoms with Crippen molar-refractivity contribution in [2.45, 2.75) is 11.0 Å². The molecule has 3 rings (SSSR count). The van der Waals surface area contributed by atoms with E-state index in [1.54, 1.807) is 18.8 Å². The van der Waals surface area contributed by atoms with Crippen LogP contribution in [0.3, 0.4) is 0 Å². The third-order valence-electron chi connectivity index (χ3n) is 3.08. The topological polar surface area (TPSA) is 55.1 Å². The number of oxazole rings is 1. The fraction of sp³-hybridized carbons (Fsp3) is 0.125. The summed E-state index contributed by atoms with van der Waals surface area (Å²) in [7, 11) is 1.62. The quantitative estimate of drug-likeness (QED) is 0.749. The van der Waals surface area contributed by atoms with Gasteiger partial charge in [0.15, 0.2) is 5.58 Å². The molecule has 0 fully saturated rings. The molecule has 1 amide bonds. The number of hydrogen-bond acceptors (Lipinski definition) is 4. The van der Waals surface area contributed by atoms with Crippen LogP contribution >= 0.6 is 11.8 Å². The van der Waals surface area contributed by atoms with E-state index in [0.717, 1.165) is 22.4 Å². The average Bonchev–Trinajstić information content (AvgIpc) is 2.95. The van der Waals surface area contributed by atoms with Crippen molar-refractivity contribution in [1.82, 2.24) is 10.3 Å². The maximum absolute atomic E-state index is 11.5. The first-order valence-electron chi connectivity index (χ1n) is 6.55. The SMILES string of the molecule is CNC(=O)c1ccc(CSc2nc3ccccc3o2)cc1. The highest BCUT2D eigenvalue weighted by Crippen LogP contribution is 2.26. The molecule has 0 saturated heterocycles. The van der Waals surface area contributed by atoms with Gasteiger partial charge in [0.2, 0.25) is 0 Å². The minimum Gasteiger partial charge on any atom is -0.431 e. The van der Waals surface area contributed by atoms with E-state index in [1.165, 1.54) is 0 Å². The lowest BCUT2D eigenvalue weighted by molar-refractivity contribution is 0.0963. The van der Waals surface area contributed by atoms with E-state index < -0.39 is 0 Å². The fourth-order valence-corrected chi connectivity index (χ4v) is 2.75. The van der Waals surface area contributed by atoms with E-state index >= 15 is 0 Å². The summed E-state index contributed by atoms with van der Waals surface area (Å²) in [5, 5.41) is 3.26. The number of benzene rings is 2. The molecule has 0 radical (unpaired) electrons. The van der Waals surface area contributed by atoms with Gasteiger partial charge in [0, 0.05) is 18.4 Å². The van der Waals surface area contributed by atoms with Gasteiger partial charge in [0.05, 0.1) is 0 Å². The van der Waals surface area contributed by atoms with E-state index in [9.17, 15) is 4.79 Å². The first kappa shape index (κ1) is 13.7. The molecular formula is C16H14N2O2S. The number of rotatable bonds is 4. The molecule has 0 aliphatic rings. The summed E-state index contributed by atoms with van der Waals surface area (Å²) < 4.78 is 5.66. The van der Waals surface area contributed by atoms with Crippen LogP contribution in [0.2, 0.25) is 0 Å². The predicted octanol–water partition coefficient (Wildman–Crippen LogP) is 3.48. The predicted molar refractivity (Wildman–Crippen MR) is 83.4 cm³/mol. The van der Waals surface area contributed by atoms with Crippen LogP contribution in [0.5, 0.6) is 0 Å². The van der Waals surface area contributed by atoms with Gasteiger partial charge in [-0.1, -0.05) is 36.0 Å². The Morgan fingerprint density at radius 3 is 2.67 bits per heavy atom. The molecule has 2 aromatic carbocycles. The number of thioether (sulfide) groups is 1. The second kappa shape index (κ2) is 6.01. The molecule has 0 saturated carbocycles. The number of nitrogens with zero attached hydrogens (tertiary/aromatic N) is 1. The molecular weight excluding hydrogens is 284 g/mol. The zero-order valence-corrected chi connectivity index (χ0v) is 12.3. The molecule has 0 atom stereocenters. The highest BCUT2D eigenvalue weighted by molar-refractivity contribution is 7.98. The van der Waals surface area contributed by atoms with Crippen molar-refractivity contribution >= 4 is 28.8 Å². The van der Waals surface area contributed by atoms with Crippen molar-refractivity contribution in [1.29, 1.82) is 0 Å². The fourth-order valence-electron chi connectivity index (χ4n) is 1.95. The van der Waals surface area contributed by atoms with Crippen LogP contribution < -0.4 is 5.32 Å². The Balaban J connectivity index is 1.68. The van der Waals surface area contributed by atoms with Gasteiger partial charge >= 0.3 is 0 Å². The van der Waals surface area contributed by atoms with Crippen molar-refractivity contribution in [2.75, 3.05) is 7.05 Å². The third-order valence-corrected chi connectivity index (χ3v) is 3.98. The van der Waals surface area contributed by atoms with E-state index in [0.29, 0.717) is 10.8 Å². The normalized spacial score (nSPS) is 10.7. The Kier molecular flexibility index (Phi) is 3.92. The van der Waals surface area contributed by atoms with Crippen molar-refractivity contribution in [3.8, 4) is 0 Å². The number of nitrogens with one attached hydrogen (secondary N) is 1. The van der Waals surface area contributed by atoms with Crippen LogP contribution in [0.1, 0.15) is 15.9 Å². The molecule has 1 aromatic heterocycles. The highest BCUT2D eigenvalue weighted by Gasteiger charge is 2.07. The maximum Gasteiger partial charge on any atom is 0.257 e. The van der Waals surface area contributed by atoms with Crippen molar-refractivity contribution in [2.24, 2.45) is 0 Å². The molecule has 0 aliphatic carbocycles. The zero-order valence-electron chi connectivity index (χ0n) is 11.5. The smallest absolute Gasteiger partial charge is 0.257 e. The van der Waals surface area contributed by atoms with Gasteiger partial charge in [0.1, 0.15) is 5.52 Å². The van der Waals surface area contributed by atoms with E-state index in [4.69, 9.17) is 4.42 Å². The molecule has 0 bridgehead atoms. The van der Waals surface area contributed by atoms with E-state index in [1.807, 2.05) is 48.5 Å². The Morgan fingerprint density at radius 2 is 1.95 bits per heavy atom. The van der Waals surface area contributed by atoms with Gasteiger partial charge < -0.3 is 9.73 Å². The minimum absolute atomic E-state index is 0.0758. The summed E-state index contributed by atoms with van der Waals surface area (Å²) in [6.45, 7) is 0. The number of carbonyl (C=O) groups is 1. The van der Waals surface area contributed by atoms with Crippen LogP contribution in [0.4, 0.5) is 0 Å². The van der Waals surface area contributed by atoms with Gasteiger partial charge in [-0.2, -0.15) is 0 Å². The van der Waals surface area contributed by atoms with Gasteiger partial charge in [0.25, 0.3) is 11.1 Å². The first-order valence-corrected chi connectivity index (χ1v) is 7.54. The molecule has 1 N–H and O–H groups in total. The second-order valence-electron chi connectivity index (χ2n) is 4.51. The summed E-state index contributed by atoms with van der Waals surface area (Å²) in [6, 6.07) is 15.2. The Hall–Kier alpha value is -2.27. The lowest BCUT2D eigenvalue weighted by Crippen LogP contribution is -2.17. The highest BCUT2D eigenvalue weighted by atomic mass is 32.2. The first-order chi connectivity index (χ1) is 10.3. The van der Waals surface area contributed by atoms with Crippen molar-refractivity contribution in [3.05, 3.63) is 59.7 Å². The van der Waals surface area contributed by atoms with Crippen molar-refractivity contribution in [3.63, 3.8) is 0 Å². The molecule has 3 aromatic rings. The van der Waals surface area contributed by atoms with Gasteiger partial charge in [-0.05, 0) is 29.8 Å². The second-order valence-corrected chi connectivity index (χ2v) is 5.44. The van der Waals surface area contributed by atoms with E-state index in [-0.39, 0.29) is 5.91 Å². The van der Waals surface area contributed by atoms with Crippen LogP contribution in [-0.4, -0.2) is 17.9 Å². The standard InChI is InChI=1S/C16H14N2O2S/c1-17-15(19)12-8-6-11(7-9-12)10-21-16-18-13-4-2-3-5-14(13)20-16/h2-9H,10H2,1H3,(H,17,19). The van der Waals surface area contributed by atoms with Crippen LogP contribution in [0.25, 0.3) is 11.1 Å². The Labute approximate surface area is 126 Å². The number of aromatic nitrogens is 1. The molecule has 4 nitrogen and oxygen atoms in total. The number of hydrogen-bond donors (Lipinski definition) is 1. The van der Waals surface area contributed by atoms with Crippen LogP contribution in [-0.2, 0) is 5.75 Å². The van der Waals surface area contributed by atoms with Gasteiger partial charge in [-0.3, -0.25) is 4.79 Å². The minimum atomic E-state index is -0.0758. The summed E-state index contributed by atoms with van der Waals surface area (Å²) in [4.78, 5) is 15.9. The van der Waals surface area contributed by atoms with Crippen LogP contribution in [0, 0.1) is 0 Å². The van der Waals surface area contributed by atoms with Crippen LogP contribution in [0.15, 0.2) is 58.2 Å². The summed E-state index contributed by atoms with van der Waals surface area (Å²) in [6.07, 6.45) is 0. The molecule has 0 unspecified atom stereocenters. The molecule has 5 heteroatoms. The molecule has 1 heterocycles. The molecule has 106 valence electrons. The summed E-state index contributed by atoms with van der Waals surface area (Å²) in [5.41, 5.74) is 3.45. The lowest BCUT2D eigenvalue weighted by atomic mass is 10.1. The summed E-state index contributed by atoms with van der Waals surface area (Å²) >= 11 is 1.54. The largest absolute Gasteiger partial charge is 0.431 e. The molecule has 21 heavy (non-hydrogen) atoms. The number of carbonyl (C=O) groups excluding carboxylic acids is 1. The van der Waals surface area contributed by atoms with E-state index in [2.05, 4.69) is 10.3 Å². The number of para-hydroxylation sites is 2. The average molecular weight is 298 g/mol. The summed E-state index contributed by atoms with van der Waals surface area (Å²) in [5.74, 6) is 0.675. The third kappa shape index (κ3) is 3.08. The molecule has 0 spiro atoms. The van der Waals surface area contributed by atoms with Gasteiger partial charge in [-0.25, -0.2) is 4.98 Å². The zero-order chi connectivity index (χ0) is 14.7. The maximum atomic E-state index is 11.5. The van der Waals surface area contributed by atoms with Crippen molar-refractivity contribution < 1.29 is 9.21 Å².